The number of urea groups is 1. The van der Waals surface area contributed by atoms with Gasteiger partial charge in [-0.15, -0.1) is 0 Å². The van der Waals surface area contributed by atoms with E-state index in [9.17, 15) is 9.59 Å². The Hall–Kier alpha value is -2.76. The molecule has 2 aromatic rings. The van der Waals surface area contributed by atoms with Gasteiger partial charge in [-0.05, 0) is 37.1 Å². The predicted octanol–water partition coefficient (Wildman–Crippen LogP) is 2.92. The summed E-state index contributed by atoms with van der Waals surface area (Å²) in [4.78, 5) is 22.5. The third kappa shape index (κ3) is 3.62. The SMILES string of the molecule is Cc1cccc(C)c1NC(=O)NCc1ccc(C(=O)O)o1. The Labute approximate surface area is 121 Å². The van der Waals surface area contributed by atoms with Gasteiger partial charge in [-0.25, -0.2) is 9.59 Å². The first-order chi connectivity index (χ1) is 9.97. The topological polar surface area (TPSA) is 91.6 Å². The lowest BCUT2D eigenvalue weighted by Gasteiger charge is -2.11. The molecule has 0 radical (unpaired) electrons. The van der Waals surface area contributed by atoms with E-state index in [4.69, 9.17) is 9.52 Å². The minimum Gasteiger partial charge on any atom is -0.475 e. The van der Waals surface area contributed by atoms with Crippen molar-refractivity contribution in [2.75, 3.05) is 5.32 Å². The molecule has 0 spiro atoms. The van der Waals surface area contributed by atoms with Gasteiger partial charge < -0.3 is 20.2 Å². The van der Waals surface area contributed by atoms with Crippen LogP contribution in [0.2, 0.25) is 0 Å². The monoisotopic (exact) mass is 288 g/mol. The highest BCUT2D eigenvalue weighted by molar-refractivity contribution is 5.91. The molecule has 1 aromatic heterocycles. The molecule has 0 unspecified atom stereocenters. The molecule has 0 bridgehead atoms. The first kappa shape index (κ1) is 14.6. The Bertz CT molecular complexity index is 656. The number of hydrogen-bond donors (Lipinski definition) is 3. The summed E-state index contributed by atoms with van der Waals surface area (Å²) in [6.07, 6.45) is 0. The third-order valence-corrected chi connectivity index (χ3v) is 3.02. The van der Waals surface area contributed by atoms with Crippen LogP contribution in [0.5, 0.6) is 0 Å². The van der Waals surface area contributed by atoms with E-state index in [1.807, 2.05) is 32.0 Å². The number of carboxylic acid groups (broad SMARTS) is 1. The van der Waals surface area contributed by atoms with Crippen LogP contribution in [0.3, 0.4) is 0 Å². The number of amides is 2. The predicted molar refractivity (Wildman–Crippen MR) is 77.4 cm³/mol. The number of carboxylic acids is 1. The van der Waals surface area contributed by atoms with Gasteiger partial charge in [0.05, 0.1) is 6.54 Å². The smallest absolute Gasteiger partial charge is 0.371 e. The first-order valence-electron chi connectivity index (χ1n) is 6.40. The van der Waals surface area contributed by atoms with Gasteiger partial charge in [-0.3, -0.25) is 0 Å². The molecule has 110 valence electrons. The van der Waals surface area contributed by atoms with Crippen LogP contribution in [0.1, 0.15) is 27.4 Å². The van der Waals surface area contributed by atoms with Gasteiger partial charge in [0.2, 0.25) is 5.76 Å². The molecule has 2 rings (SSSR count). The molecule has 0 saturated carbocycles. The van der Waals surface area contributed by atoms with Crippen molar-refractivity contribution >= 4 is 17.7 Å². The maximum Gasteiger partial charge on any atom is 0.371 e. The zero-order chi connectivity index (χ0) is 15.4. The summed E-state index contributed by atoms with van der Waals surface area (Å²) < 4.78 is 5.05. The fraction of sp³-hybridized carbons (Fsp3) is 0.200. The zero-order valence-corrected chi connectivity index (χ0v) is 11.8. The quantitative estimate of drug-likeness (QED) is 0.806. The van der Waals surface area contributed by atoms with E-state index >= 15 is 0 Å². The minimum absolute atomic E-state index is 0.115. The highest BCUT2D eigenvalue weighted by Gasteiger charge is 2.10. The van der Waals surface area contributed by atoms with Crippen LogP contribution in [0.25, 0.3) is 0 Å². The number of nitrogens with one attached hydrogen (secondary N) is 2. The lowest BCUT2D eigenvalue weighted by atomic mass is 10.1. The van der Waals surface area contributed by atoms with E-state index in [0.717, 1.165) is 16.8 Å². The van der Waals surface area contributed by atoms with Crippen LogP contribution in [0.15, 0.2) is 34.7 Å². The molecule has 6 heteroatoms. The van der Waals surface area contributed by atoms with E-state index in [2.05, 4.69) is 10.6 Å². The van der Waals surface area contributed by atoms with Crippen molar-refractivity contribution in [1.82, 2.24) is 5.32 Å². The Balaban J connectivity index is 1.94. The fourth-order valence-electron chi connectivity index (χ4n) is 1.92. The van der Waals surface area contributed by atoms with Gasteiger partial charge >= 0.3 is 12.0 Å². The molecular weight excluding hydrogens is 272 g/mol. The summed E-state index contributed by atoms with van der Waals surface area (Å²) >= 11 is 0. The molecule has 21 heavy (non-hydrogen) atoms. The van der Waals surface area contributed by atoms with E-state index in [1.165, 1.54) is 12.1 Å². The van der Waals surface area contributed by atoms with Gasteiger partial charge in [-0.1, -0.05) is 18.2 Å². The van der Waals surface area contributed by atoms with E-state index in [0.29, 0.717) is 5.76 Å². The summed E-state index contributed by atoms with van der Waals surface area (Å²) in [6, 6.07) is 8.23. The van der Waals surface area contributed by atoms with Crippen molar-refractivity contribution in [1.29, 1.82) is 0 Å². The Morgan fingerprint density at radius 2 is 1.81 bits per heavy atom. The van der Waals surface area contributed by atoms with Gasteiger partial charge in [0.15, 0.2) is 0 Å². The highest BCUT2D eigenvalue weighted by atomic mass is 16.4. The van der Waals surface area contributed by atoms with Gasteiger partial charge in [0, 0.05) is 5.69 Å². The number of aryl methyl sites for hydroxylation is 2. The minimum atomic E-state index is -1.14. The molecule has 1 aromatic carbocycles. The molecule has 0 atom stereocenters. The van der Waals surface area contributed by atoms with Gasteiger partial charge in [-0.2, -0.15) is 0 Å². The summed E-state index contributed by atoms with van der Waals surface area (Å²) in [5, 5.41) is 14.1. The van der Waals surface area contributed by atoms with Crippen LogP contribution in [0, 0.1) is 13.8 Å². The maximum atomic E-state index is 11.9. The number of carbonyl (C=O) groups is 2. The van der Waals surface area contributed by atoms with Crippen LogP contribution in [0.4, 0.5) is 10.5 Å². The van der Waals surface area contributed by atoms with Crippen molar-refractivity contribution < 1.29 is 19.1 Å². The van der Waals surface area contributed by atoms with Crippen molar-refractivity contribution in [3.05, 3.63) is 53.0 Å². The summed E-state index contributed by atoms with van der Waals surface area (Å²) in [7, 11) is 0. The first-order valence-corrected chi connectivity index (χ1v) is 6.40. The number of aromatic carboxylic acids is 1. The Morgan fingerprint density at radius 1 is 1.14 bits per heavy atom. The lowest BCUT2D eigenvalue weighted by Crippen LogP contribution is -2.28. The molecule has 3 N–H and O–H groups in total. The van der Waals surface area contributed by atoms with Crippen molar-refractivity contribution in [3.63, 3.8) is 0 Å². The standard InChI is InChI=1S/C15H16N2O4/c1-9-4-3-5-10(2)13(9)17-15(20)16-8-11-6-7-12(21-11)14(18)19/h3-7H,8H2,1-2H3,(H,18,19)(H2,16,17,20). The number of rotatable bonds is 4. The van der Waals surface area contributed by atoms with E-state index in [-0.39, 0.29) is 18.3 Å². The molecule has 0 saturated heterocycles. The highest BCUT2D eigenvalue weighted by Crippen LogP contribution is 2.19. The molecule has 0 aliphatic rings. The second kappa shape index (κ2) is 6.13. The number of para-hydroxylation sites is 1. The second-order valence-corrected chi connectivity index (χ2v) is 4.65. The second-order valence-electron chi connectivity index (χ2n) is 4.65. The fourth-order valence-corrected chi connectivity index (χ4v) is 1.92. The largest absolute Gasteiger partial charge is 0.475 e. The van der Waals surface area contributed by atoms with Crippen molar-refractivity contribution in [3.8, 4) is 0 Å². The Kier molecular flexibility index (Phi) is 4.27. The number of benzene rings is 1. The molecule has 6 nitrogen and oxygen atoms in total. The molecule has 0 fully saturated rings. The van der Waals surface area contributed by atoms with Crippen molar-refractivity contribution in [2.24, 2.45) is 0 Å². The van der Waals surface area contributed by atoms with E-state index < -0.39 is 5.97 Å². The number of carbonyl (C=O) groups excluding carboxylic acids is 1. The molecule has 1 heterocycles. The van der Waals surface area contributed by atoms with Gasteiger partial charge in [0.25, 0.3) is 0 Å². The third-order valence-electron chi connectivity index (χ3n) is 3.02. The van der Waals surface area contributed by atoms with E-state index in [1.54, 1.807) is 0 Å². The van der Waals surface area contributed by atoms with Crippen LogP contribution in [-0.2, 0) is 6.54 Å². The average molecular weight is 288 g/mol. The maximum absolute atomic E-state index is 11.9. The van der Waals surface area contributed by atoms with Crippen molar-refractivity contribution in [2.45, 2.75) is 20.4 Å². The lowest BCUT2D eigenvalue weighted by molar-refractivity contribution is 0.0660. The van der Waals surface area contributed by atoms with Crippen LogP contribution < -0.4 is 10.6 Å². The number of hydrogen-bond acceptors (Lipinski definition) is 3. The average Bonchev–Trinajstić information content (AvgIpc) is 2.90. The van der Waals surface area contributed by atoms with Gasteiger partial charge in [0.1, 0.15) is 5.76 Å². The number of furan rings is 1. The normalized spacial score (nSPS) is 10.2. The summed E-state index contributed by atoms with van der Waals surface area (Å²) in [5.74, 6) is -0.910. The Morgan fingerprint density at radius 3 is 2.38 bits per heavy atom. The van der Waals surface area contributed by atoms with Crippen LogP contribution >= 0.6 is 0 Å². The van der Waals surface area contributed by atoms with Crippen LogP contribution in [-0.4, -0.2) is 17.1 Å². The molecular formula is C15H16N2O4. The zero-order valence-electron chi connectivity index (χ0n) is 11.8. The molecule has 0 aliphatic heterocycles. The molecule has 0 aliphatic carbocycles. The summed E-state index contributed by atoms with van der Waals surface area (Å²) in [6.45, 7) is 3.94. The summed E-state index contributed by atoms with van der Waals surface area (Å²) in [5.41, 5.74) is 2.70. The molecule has 2 amide bonds. The number of anilines is 1.